The standard InChI is InChI=1S/C20H18FN3O4/c1-3-12(14-7-4-9(2)28-14)23-16-17(19(26)18(16)25)24-13-6-5-11(21)10-8-22-20(27)15(10)13/h4-7,12,23-24H,3,8H2,1-2H3,(H,22,27)/t12-/m1/s1. The summed E-state index contributed by atoms with van der Waals surface area (Å²) in [4.78, 5) is 36.3. The number of halogens is 1. The van der Waals surface area contributed by atoms with Crippen molar-refractivity contribution in [3.05, 3.63) is 73.2 Å². The molecule has 1 amide bonds. The number of benzene rings is 1. The molecule has 0 aliphatic carbocycles. The maximum absolute atomic E-state index is 13.9. The summed E-state index contributed by atoms with van der Waals surface area (Å²) >= 11 is 0. The summed E-state index contributed by atoms with van der Waals surface area (Å²) in [6.45, 7) is 3.83. The van der Waals surface area contributed by atoms with Crippen LogP contribution in [0.2, 0.25) is 0 Å². The number of nitrogens with one attached hydrogen (secondary N) is 3. The Labute approximate surface area is 159 Å². The largest absolute Gasteiger partial charge is 0.464 e. The molecule has 0 spiro atoms. The Morgan fingerprint density at radius 3 is 2.57 bits per heavy atom. The lowest BCUT2D eigenvalue weighted by molar-refractivity contribution is 0.0966. The van der Waals surface area contributed by atoms with Crippen molar-refractivity contribution in [2.45, 2.75) is 32.9 Å². The summed E-state index contributed by atoms with van der Waals surface area (Å²) < 4.78 is 19.5. The lowest BCUT2D eigenvalue weighted by atomic mass is 10.1. The molecule has 1 aromatic heterocycles. The molecule has 0 bridgehead atoms. The van der Waals surface area contributed by atoms with Gasteiger partial charge in [0.25, 0.3) is 16.8 Å². The molecule has 0 saturated carbocycles. The second-order valence-electron chi connectivity index (χ2n) is 6.72. The van der Waals surface area contributed by atoms with Gasteiger partial charge in [-0.15, -0.1) is 0 Å². The summed E-state index contributed by atoms with van der Waals surface area (Å²) in [6.07, 6.45) is 0.625. The van der Waals surface area contributed by atoms with Gasteiger partial charge in [0.2, 0.25) is 0 Å². The molecule has 4 rings (SSSR count). The Hall–Kier alpha value is -3.42. The molecule has 144 valence electrons. The van der Waals surface area contributed by atoms with E-state index in [1.54, 1.807) is 0 Å². The van der Waals surface area contributed by atoms with Crippen LogP contribution in [-0.2, 0) is 6.54 Å². The number of furan rings is 1. The molecule has 1 atom stereocenters. The van der Waals surface area contributed by atoms with Crippen molar-refractivity contribution in [2.75, 3.05) is 10.6 Å². The minimum absolute atomic E-state index is 0.0558. The third-order valence-electron chi connectivity index (χ3n) is 4.91. The lowest BCUT2D eigenvalue weighted by Crippen LogP contribution is -2.37. The Bertz CT molecular complexity index is 1160. The number of carbonyl (C=O) groups excluding carboxylic acids is 1. The molecular weight excluding hydrogens is 365 g/mol. The molecule has 3 aromatic rings. The van der Waals surface area contributed by atoms with E-state index in [0.29, 0.717) is 12.2 Å². The van der Waals surface area contributed by atoms with Crippen molar-refractivity contribution >= 4 is 23.0 Å². The van der Waals surface area contributed by atoms with Crippen LogP contribution in [0.25, 0.3) is 0 Å². The van der Waals surface area contributed by atoms with E-state index in [1.165, 1.54) is 12.1 Å². The van der Waals surface area contributed by atoms with E-state index in [0.717, 1.165) is 5.76 Å². The molecule has 1 aliphatic heterocycles. The minimum Gasteiger partial charge on any atom is -0.464 e. The molecule has 2 heterocycles. The van der Waals surface area contributed by atoms with Gasteiger partial charge in [-0.2, -0.15) is 0 Å². The molecule has 0 saturated heterocycles. The smallest absolute Gasteiger partial charge is 0.254 e. The number of carbonyl (C=O) groups is 1. The number of rotatable bonds is 6. The fraction of sp³-hybridized carbons (Fsp3) is 0.250. The van der Waals surface area contributed by atoms with Crippen molar-refractivity contribution < 1.29 is 13.6 Å². The number of fused-ring (bicyclic) bond motifs is 1. The van der Waals surface area contributed by atoms with Gasteiger partial charge in [0.15, 0.2) is 0 Å². The third kappa shape index (κ3) is 2.77. The number of hydrogen-bond donors (Lipinski definition) is 3. The number of anilines is 3. The second kappa shape index (κ2) is 6.63. The van der Waals surface area contributed by atoms with E-state index in [9.17, 15) is 18.8 Å². The number of hydrogen-bond acceptors (Lipinski definition) is 6. The molecule has 7 nitrogen and oxygen atoms in total. The Kier molecular flexibility index (Phi) is 4.26. The molecule has 1 aliphatic rings. The van der Waals surface area contributed by atoms with Gasteiger partial charge < -0.3 is 20.4 Å². The number of aryl methyl sites for hydroxylation is 1. The first kappa shape index (κ1) is 18.0. The molecular formula is C20H18FN3O4. The van der Waals surface area contributed by atoms with Crippen LogP contribution in [0.1, 0.15) is 46.8 Å². The van der Waals surface area contributed by atoms with E-state index < -0.39 is 22.6 Å². The van der Waals surface area contributed by atoms with Crippen LogP contribution in [0, 0.1) is 12.7 Å². The quantitative estimate of drug-likeness (QED) is 0.566. The van der Waals surface area contributed by atoms with Crippen LogP contribution < -0.4 is 26.8 Å². The van der Waals surface area contributed by atoms with Crippen LogP contribution >= 0.6 is 0 Å². The van der Waals surface area contributed by atoms with Crippen LogP contribution in [0.4, 0.5) is 21.5 Å². The molecule has 8 heteroatoms. The van der Waals surface area contributed by atoms with Gasteiger partial charge in [-0.05, 0) is 37.6 Å². The van der Waals surface area contributed by atoms with Gasteiger partial charge in [-0.3, -0.25) is 14.4 Å². The minimum atomic E-state index is -0.690. The zero-order chi connectivity index (χ0) is 20.0. The van der Waals surface area contributed by atoms with Gasteiger partial charge in [0.05, 0.1) is 17.3 Å². The highest BCUT2D eigenvalue weighted by molar-refractivity contribution is 6.04. The van der Waals surface area contributed by atoms with E-state index in [4.69, 9.17) is 4.42 Å². The van der Waals surface area contributed by atoms with E-state index in [-0.39, 0.29) is 40.8 Å². The zero-order valence-electron chi connectivity index (χ0n) is 15.3. The number of amides is 1. The molecule has 0 radical (unpaired) electrons. The fourth-order valence-corrected chi connectivity index (χ4v) is 3.39. The van der Waals surface area contributed by atoms with E-state index >= 15 is 0 Å². The topological polar surface area (TPSA) is 100 Å². The normalized spacial score (nSPS) is 14.0. The first-order valence-corrected chi connectivity index (χ1v) is 8.93. The van der Waals surface area contributed by atoms with Crippen LogP contribution in [0.3, 0.4) is 0 Å². The Morgan fingerprint density at radius 1 is 1.14 bits per heavy atom. The molecule has 0 fully saturated rings. The highest BCUT2D eigenvalue weighted by Crippen LogP contribution is 2.32. The Balaban J connectivity index is 1.66. The van der Waals surface area contributed by atoms with Gasteiger partial charge in [-0.1, -0.05) is 6.92 Å². The molecule has 0 unspecified atom stereocenters. The van der Waals surface area contributed by atoms with Crippen LogP contribution in [0.5, 0.6) is 0 Å². The summed E-state index contributed by atoms with van der Waals surface area (Å²) in [5.74, 6) is 0.469. The molecule has 2 aromatic carbocycles. The predicted molar refractivity (Wildman–Crippen MR) is 102 cm³/mol. The molecule has 3 N–H and O–H groups in total. The van der Waals surface area contributed by atoms with Crippen molar-refractivity contribution in [3.8, 4) is 0 Å². The Morgan fingerprint density at radius 2 is 1.89 bits per heavy atom. The average Bonchev–Trinajstić information content (AvgIpc) is 3.29. The first-order valence-electron chi connectivity index (χ1n) is 8.93. The average molecular weight is 383 g/mol. The summed E-state index contributed by atoms with van der Waals surface area (Å²) in [5, 5.41) is 8.45. The maximum Gasteiger partial charge on any atom is 0.254 e. The highest BCUT2D eigenvalue weighted by atomic mass is 19.1. The summed E-state index contributed by atoms with van der Waals surface area (Å²) in [5.41, 5.74) is -0.489. The van der Waals surface area contributed by atoms with Gasteiger partial charge in [0, 0.05) is 12.1 Å². The summed E-state index contributed by atoms with van der Waals surface area (Å²) in [6, 6.07) is 5.95. The van der Waals surface area contributed by atoms with Crippen molar-refractivity contribution in [2.24, 2.45) is 0 Å². The first-order chi connectivity index (χ1) is 13.4. The van der Waals surface area contributed by atoms with Crippen molar-refractivity contribution in [1.29, 1.82) is 0 Å². The van der Waals surface area contributed by atoms with Gasteiger partial charge >= 0.3 is 0 Å². The SMILES string of the molecule is CC[C@@H](Nc1c(Nc2ccc(F)c3c2C(=O)NC3)c(=O)c1=O)c1ccc(C)o1. The van der Waals surface area contributed by atoms with Gasteiger partial charge in [-0.25, -0.2) is 4.39 Å². The molecule has 28 heavy (non-hydrogen) atoms. The fourth-order valence-electron chi connectivity index (χ4n) is 3.39. The van der Waals surface area contributed by atoms with Crippen LogP contribution in [0.15, 0.2) is 38.3 Å². The lowest BCUT2D eigenvalue weighted by Gasteiger charge is -2.20. The van der Waals surface area contributed by atoms with Crippen LogP contribution in [-0.4, -0.2) is 5.91 Å². The predicted octanol–water partition coefficient (Wildman–Crippen LogP) is 2.87. The van der Waals surface area contributed by atoms with E-state index in [2.05, 4.69) is 16.0 Å². The third-order valence-corrected chi connectivity index (χ3v) is 4.91. The zero-order valence-corrected chi connectivity index (χ0v) is 15.3. The summed E-state index contributed by atoms with van der Waals surface area (Å²) in [7, 11) is 0. The van der Waals surface area contributed by atoms with Gasteiger partial charge in [0.1, 0.15) is 28.7 Å². The van der Waals surface area contributed by atoms with Crippen molar-refractivity contribution in [3.63, 3.8) is 0 Å². The van der Waals surface area contributed by atoms with Crippen molar-refractivity contribution in [1.82, 2.24) is 5.32 Å². The van der Waals surface area contributed by atoms with E-state index in [1.807, 2.05) is 26.0 Å². The maximum atomic E-state index is 13.9. The second-order valence-corrected chi connectivity index (χ2v) is 6.72. The highest BCUT2D eigenvalue weighted by Gasteiger charge is 2.29. The monoisotopic (exact) mass is 383 g/mol.